The van der Waals surface area contributed by atoms with Crippen molar-refractivity contribution < 1.29 is 24.2 Å². The number of carboxylic acid groups (broad SMARTS) is 1. The highest BCUT2D eigenvalue weighted by Gasteiger charge is 2.30. The van der Waals surface area contributed by atoms with E-state index in [0.29, 0.717) is 6.61 Å². The number of rotatable bonds is 7. The van der Waals surface area contributed by atoms with Gasteiger partial charge < -0.3 is 15.2 Å². The first-order valence-electron chi connectivity index (χ1n) is 6.11. The molecule has 0 saturated heterocycles. The average molecular weight is 274 g/mol. The van der Waals surface area contributed by atoms with Gasteiger partial charge in [0.15, 0.2) is 0 Å². The molecule has 3 amide bonds. The van der Waals surface area contributed by atoms with E-state index in [0.717, 1.165) is 0 Å². The Morgan fingerprint density at radius 2 is 1.89 bits per heavy atom. The van der Waals surface area contributed by atoms with E-state index in [1.54, 1.807) is 6.92 Å². The van der Waals surface area contributed by atoms with Gasteiger partial charge in [-0.05, 0) is 27.7 Å². The highest BCUT2D eigenvalue weighted by molar-refractivity contribution is 5.96. The lowest BCUT2D eigenvalue weighted by atomic mass is 9.89. The van der Waals surface area contributed by atoms with Crippen LogP contribution in [-0.4, -0.2) is 42.3 Å². The lowest BCUT2D eigenvalue weighted by Gasteiger charge is -2.18. The summed E-state index contributed by atoms with van der Waals surface area (Å²) in [4.78, 5) is 33.7. The minimum absolute atomic E-state index is 0.152. The third-order valence-electron chi connectivity index (χ3n) is 2.44. The van der Waals surface area contributed by atoms with Crippen LogP contribution in [0.5, 0.6) is 0 Å². The summed E-state index contributed by atoms with van der Waals surface area (Å²) in [7, 11) is 0. The molecule has 0 aromatic carbocycles. The van der Waals surface area contributed by atoms with Crippen LogP contribution in [0.1, 0.15) is 34.1 Å². The summed E-state index contributed by atoms with van der Waals surface area (Å²) in [5.74, 6) is -1.72. The van der Waals surface area contributed by atoms with E-state index in [9.17, 15) is 14.4 Å². The number of amides is 3. The maximum atomic E-state index is 11.5. The molecule has 0 aromatic rings. The van der Waals surface area contributed by atoms with Gasteiger partial charge in [-0.15, -0.1) is 0 Å². The Labute approximate surface area is 112 Å². The third-order valence-corrected chi connectivity index (χ3v) is 2.44. The number of imide groups is 1. The second-order valence-electron chi connectivity index (χ2n) is 4.89. The molecule has 0 saturated carbocycles. The zero-order chi connectivity index (χ0) is 15.1. The second-order valence-corrected chi connectivity index (χ2v) is 4.89. The van der Waals surface area contributed by atoms with E-state index in [1.807, 2.05) is 6.92 Å². The summed E-state index contributed by atoms with van der Waals surface area (Å²) in [5.41, 5.74) is -1.21. The maximum absolute atomic E-state index is 11.5. The molecule has 3 N–H and O–H groups in total. The molecule has 1 atom stereocenters. The quantitative estimate of drug-likeness (QED) is 0.635. The van der Waals surface area contributed by atoms with Gasteiger partial charge in [0.25, 0.3) is 0 Å². The van der Waals surface area contributed by atoms with Crippen LogP contribution in [0.3, 0.4) is 0 Å². The molecule has 0 aliphatic heterocycles. The number of hydrogen-bond acceptors (Lipinski definition) is 4. The molecule has 0 radical (unpaired) electrons. The van der Waals surface area contributed by atoms with Crippen molar-refractivity contribution >= 4 is 17.9 Å². The fourth-order valence-electron chi connectivity index (χ4n) is 1.27. The average Bonchev–Trinajstić information content (AvgIpc) is 2.25. The smallest absolute Gasteiger partial charge is 0.321 e. The van der Waals surface area contributed by atoms with Crippen LogP contribution in [-0.2, 0) is 14.3 Å². The van der Waals surface area contributed by atoms with Crippen LogP contribution >= 0.6 is 0 Å². The lowest BCUT2D eigenvalue weighted by Crippen LogP contribution is -2.44. The van der Waals surface area contributed by atoms with Crippen molar-refractivity contribution in [3.8, 4) is 0 Å². The van der Waals surface area contributed by atoms with Gasteiger partial charge in [0, 0.05) is 19.6 Å². The summed E-state index contributed by atoms with van der Waals surface area (Å²) >= 11 is 0. The van der Waals surface area contributed by atoms with Gasteiger partial charge in [-0.1, -0.05) is 0 Å². The van der Waals surface area contributed by atoms with Gasteiger partial charge >= 0.3 is 12.0 Å². The first kappa shape index (κ1) is 17.4. The van der Waals surface area contributed by atoms with Crippen LogP contribution in [0.15, 0.2) is 0 Å². The highest BCUT2D eigenvalue weighted by Crippen LogP contribution is 2.19. The summed E-state index contributed by atoms with van der Waals surface area (Å²) in [5, 5.41) is 13.4. The van der Waals surface area contributed by atoms with Crippen LogP contribution in [0.2, 0.25) is 0 Å². The third kappa shape index (κ3) is 7.40. The summed E-state index contributed by atoms with van der Waals surface area (Å²) in [6, 6.07) is -0.655. The number of hydrogen-bond donors (Lipinski definition) is 3. The number of nitrogens with one attached hydrogen (secondary N) is 2. The first-order valence-corrected chi connectivity index (χ1v) is 6.11. The fourth-order valence-corrected chi connectivity index (χ4v) is 1.27. The molecule has 0 rings (SSSR count). The highest BCUT2D eigenvalue weighted by atomic mass is 16.5. The Balaban J connectivity index is 4.07. The van der Waals surface area contributed by atoms with Gasteiger partial charge in [-0.25, -0.2) is 4.79 Å². The van der Waals surface area contributed by atoms with Crippen molar-refractivity contribution in [2.24, 2.45) is 5.41 Å². The molecule has 0 aliphatic carbocycles. The van der Waals surface area contributed by atoms with Crippen molar-refractivity contribution in [3.05, 3.63) is 0 Å². The van der Waals surface area contributed by atoms with Crippen molar-refractivity contribution in [2.45, 2.75) is 40.2 Å². The van der Waals surface area contributed by atoms with E-state index in [1.165, 1.54) is 13.8 Å². The van der Waals surface area contributed by atoms with Crippen molar-refractivity contribution in [2.75, 3.05) is 13.2 Å². The largest absolute Gasteiger partial charge is 0.481 e. The molecule has 0 fully saturated rings. The summed E-state index contributed by atoms with van der Waals surface area (Å²) < 4.78 is 5.20. The van der Waals surface area contributed by atoms with Crippen molar-refractivity contribution in [1.29, 1.82) is 0 Å². The molecule has 0 bridgehead atoms. The van der Waals surface area contributed by atoms with E-state index >= 15 is 0 Å². The molecule has 19 heavy (non-hydrogen) atoms. The van der Waals surface area contributed by atoms with E-state index in [2.05, 4.69) is 10.6 Å². The summed E-state index contributed by atoms with van der Waals surface area (Å²) in [6.45, 7) is 7.28. The molecular weight excluding hydrogens is 252 g/mol. The van der Waals surface area contributed by atoms with Crippen LogP contribution in [0.25, 0.3) is 0 Å². The molecule has 110 valence electrons. The van der Waals surface area contributed by atoms with E-state index in [-0.39, 0.29) is 19.1 Å². The Hall–Kier alpha value is -1.63. The Kier molecular flexibility index (Phi) is 7.06. The number of aliphatic carboxylic acids is 1. The Bertz CT molecular complexity index is 341. The minimum atomic E-state index is -1.21. The normalized spacial score (nSPS) is 12.6. The minimum Gasteiger partial charge on any atom is -0.481 e. The Morgan fingerprint density at radius 1 is 1.32 bits per heavy atom. The van der Waals surface area contributed by atoms with Gasteiger partial charge in [0.2, 0.25) is 5.91 Å². The molecule has 0 heterocycles. The molecule has 7 nitrogen and oxygen atoms in total. The van der Waals surface area contributed by atoms with Crippen LogP contribution in [0.4, 0.5) is 4.79 Å². The molecule has 7 heteroatoms. The van der Waals surface area contributed by atoms with Gasteiger partial charge in [-0.2, -0.15) is 0 Å². The molecule has 0 aromatic heterocycles. The molecule has 0 aliphatic rings. The van der Waals surface area contributed by atoms with E-state index in [4.69, 9.17) is 9.84 Å². The first-order chi connectivity index (χ1) is 8.69. The van der Waals surface area contributed by atoms with Gasteiger partial charge in [0.05, 0.1) is 11.5 Å². The van der Waals surface area contributed by atoms with Crippen molar-refractivity contribution in [3.63, 3.8) is 0 Å². The predicted octanol–water partition coefficient (Wildman–Crippen LogP) is 0.738. The lowest BCUT2D eigenvalue weighted by molar-refractivity contribution is -0.149. The fraction of sp³-hybridized carbons (Fsp3) is 0.750. The SMILES string of the molecule is CCOC(C)CNC(=O)NC(=O)CC(C)(C)C(=O)O. The Morgan fingerprint density at radius 3 is 2.37 bits per heavy atom. The molecular formula is C12H22N2O5. The second kappa shape index (κ2) is 7.73. The van der Waals surface area contributed by atoms with Crippen molar-refractivity contribution in [1.82, 2.24) is 10.6 Å². The zero-order valence-corrected chi connectivity index (χ0v) is 11.8. The number of carbonyl (C=O) groups is 3. The van der Waals surface area contributed by atoms with E-state index < -0.39 is 23.3 Å². The standard InChI is InChI=1S/C12H22N2O5/c1-5-19-8(2)7-13-11(18)14-9(15)6-12(3,4)10(16)17/h8H,5-7H2,1-4H3,(H,16,17)(H2,13,14,15,18). The van der Waals surface area contributed by atoms with Crippen LogP contribution < -0.4 is 10.6 Å². The maximum Gasteiger partial charge on any atom is 0.321 e. The number of urea groups is 1. The predicted molar refractivity (Wildman–Crippen MR) is 68.7 cm³/mol. The number of ether oxygens (including phenoxy) is 1. The molecule has 0 spiro atoms. The van der Waals surface area contributed by atoms with Crippen LogP contribution in [0, 0.1) is 5.41 Å². The monoisotopic (exact) mass is 274 g/mol. The topological polar surface area (TPSA) is 105 Å². The van der Waals surface area contributed by atoms with Gasteiger partial charge in [0.1, 0.15) is 0 Å². The number of carboxylic acids is 1. The number of carbonyl (C=O) groups excluding carboxylic acids is 2. The molecule has 1 unspecified atom stereocenters. The van der Waals surface area contributed by atoms with Gasteiger partial charge in [-0.3, -0.25) is 14.9 Å². The summed E-state index contributed by atoms with van der Waals surface area (Å²) in [6.07, 6.45) is -0.419. The zero-order valence-electron chi connectivity index (χ0n) is 11.8.